The summed E-state index contributed by atoms with van der Waals surface area (Å²) in [6, 6.07) is 26.5. The van der Waals surface area contributed by atoms with Gasteiger partial charge in [-0.05, 0) is 40.8 Å². The molecule has 2 aromatic heterocycles. The molecule has 1 aliphatic rings. The predicted octanol–water partition coefficient (Wildman–Crippen LogP) is 6.18. The van der Waals surface area contributed by atoms with Gasteiger partial charge in [-0.25, -0.2) is 14.5 Å². The fourth-order valence-corrected chi connectivity index (χ4v) is 5.48. The van der Waals surface area contributed by atoms with Gasteiger partial charge in [-0.2, -0.15) is 0 Å². The quantitative estimate of drug-likeness (QED) is 0.254. The van der Waals surface area contributed by atoms with Crippen molar-refractivity contribution >= 4 is 16.4 Å². The molecule has 1 aliphatic heterocycles. The Hall–Kier alpha value is -5.11. The van der Waals surface area contributed by atoms with Crippen LogP contribution in [0.3, 0.4) is 0 Å². The van der Waals surface area contributed by atoms with Crippen molar-refractivity contribution < 1.29 is 18.9 Å². The summed E-state index contributed by atoms with van der Waals surface area (Å²) >= 11 is 0. The summed E-state index contributed by atoms with van der Waals surface area (Å²) in [5.74, 6) is 3.99. The van der Waals surface area contributed by atoms with E-state index in [1.807, 2.05) is 42.5 Å². The first kappa shape index (κ1) is 24.0. The first-order valence-corrected chi connectivity index (χ1v) is 13.0. The zero-order valence-electron chi connectivity index (χ0n) is 22.3. The third-order valence-corrected chi connectivity index (χ3v) is 7.40. The summed E-state index contributed by atoms with van der Waals surface area (Å²) in [7, 11) is 4.92. The molecule has 8 nitrogen and oxygen atoms in total. The Morgan fingerprint density at radius 3 is 2.48 bits per heavy atom. The summed E-state index contributed by atoms with van der Waals surface area (Å²) in [4.78, 5) is 9.71. The minimum absolute atomic E-state index is 0.163. The third-order valence-electron chi connectivity index (χ3n) is 7.40. The van der Waals surface area contributed by atoms with Crippen molar-refractivity contribution in [1.82, 2.24) is 19.6 Å². The van der Waals surface area contributed by atoms with E-state index in [4.69, 9.17) is 34.0 Å². The molecule has 40 heavy (non-hydrogen) atoms. The minimum atomic E-state index is -0.163. The Kier molecular flexibility index (Phi) is 5.73. The van der Waals surface area contributed by atoms with Crippen LogP contribution in [0.25, 0.3) is 16.4 Å². The number of nitrogens with zero attached hydrogens (tertiary/aromatic N) is 4. The van der Waals surface area contributed by atoms with E-state index in [1.54, 1.807) is 32.2 Å². The van der Waals surface area contributed by atoms with E-state index >= 15 is 0 Å². The summed E-state index contributed by atoms with van der Waals surface area (Å²) < 4.78 is 24.6. The van der Waals surface area contributed by atoms with Gasteiger partial charge in [0, 0.05) is 23.3 Å². The van der Waals surface area contributed by atoms with Gasteiger partial charge >= 0.3 is 0 Å². The molecule has 0 bridgehead atoms. The van der Waals surface area contributed by atoms with E-state index < -0.39 is 0 Å². The standard InChI is InChI=1S/C32H26N4O4/c1-37-22-12-9-21(10-13-22)28-24-14-11-20-6-4-5-7-23(20)30(24)40-32-29(28)31-34-27(35-36(31)18-33-32)17-19-8-15-25(38-2)26(16-19)39-3/h4-16,18,28H,17H2,1-3H3/t28-/m0/s1. The van der Waals surface area contributed by atoms with Crippen LogP contribution in [0.4, 0.5) is 0 Å². The first-order valence-electron chi connectivity index (χ1n) is 13.0. The molecular formula is C32H26N4O4. The monoisotopic (exact) mass is 530 g/mol. The third kappa shape index (κ3) is 3.88. The maximum Gasteiger partial charge on any atom is 0.228 e. The lowest BCUT2D eigenvalue weighted by Crippen LogP contribution is -2.15. The molecule has 7 rings (SSSR count). The highest BCUT2D eigenvalue weighted by Crippen LogP contribution is 2.50. The lowest BCUT2D eigenvalue weighted by atomic mass is 9.83. The van der Waals surface area contributed by atoms with Gasteiger partial charge < -0.3 is 18.9 Å². The van der Waals surface area contributed by atoms with Gasteiger partial charge in [-0.3, -0.25) is 0 Å². The second kappa shape index (κ2) is 9.57. The summed E-state index contributed by atoms with van der Waals surface area (Å²) in [5, 5.41) is 6.92. The average molecular weight is 531 g/mol. The van der Waals surface area contributed by atoms with Gasteiger partial charge in [0.1, 0.15) is 17.8 Å². The molecule has 6 aromatic rings. The second-order valence-corrected chi connectivity index (χ2v) is 9.64. The maximum absolute atomic E-state index is 6.53. The Bertz CT molecular complexity index is 1880. The normalized spacial score (nSPS) is 13.9. The van der Waals surface area contributed by atoms with Gasteiger partial charge in [0.25, 0.3) is 0 Å². The minimum Gasteiger partial charge on any atom is -0.497 e. The number of fused-ring (bicyclic) bond motifs is 6. The number of ether oxygens (including phenoxy) is 4. The van der Waals surface area contributed by atoms with Crippen molar-refractivity contribution in [3.63, 3.8) is 0 Å². The molecule has 0 amide bonds. The van der Waals surface area contributed by atoms with Gasteiger partial charge in [-0.1, -0.05) is 54.6 Å². The van der Waals surface area contributed by atoms with Gasteiger partial charge in [-0.15, -0.1) is 5.10 Å². The summed E-state index contributed by atoms with van der Waals surface area (Å²) in [6.45, 7) is 0. The molecule has 0 fully saturated rings. The number of rotatable bonds is 6. The molecule has 0 spiro atoms. The Labute approximate surface area is 230 Å². The number of hydrogen-bond acceptors (Lipinski definition) is 7. The molecule has 0 radical (unpaired) electrons. The number of aromatic nitrogens is 4. The van der Waals surface area contributed by atoms with E-state index in [0.717, 1.165) is 44.5 Å². The van der Waals surface area contributed by atoms with Crippen molar-refractivity contribution in [2.75, 3.05) is 21.3 Å². The van der Waals surface area contributed by atoms with Crippen LogP contribution in [-0.2, 0) is 6.42 Å². The largest absolute Gasteiger partial charge is 0.497 e. The zero-order valence-corrected chi connectivity index (χ0v) is 22.3. The predicted molar refractivity (Wildman–Crippen MR) is 151 cm³/mol. The highest BCUT2D eigenvalue weighted by Gasteiger charge is 2.34. The highest BCUT2D eigenvalue weighted by molar-refractivity contribution is 5.91. The van der Waals surface area contributed by atoms with E-state index in [9.17, 15) is 0 Å². The molecule has 0 saturated carbocycles. The van der Waals surface area contributed by atoms with E-state index in [0.29, 0.717) is 35.3 Å². The van der Waals surface area contributed by atoms with Crippen LogP contribution in [0.5, 0.6) is 28.9 Å². The topological polar surface area (TPSA) is 80.0 Å². The van der Waals surface area contributed by atoms with Crippen LogP contribution in [0.15, 0.2) is 85.2 Å². The van der Waals surface area contributed by atoms with E-state index in [2.05, 4.69) is 36.4 Å². The van der Waals surface area contributed by atoms with Crippen molar-refractivity contribution in [3.05, 3.63) is 113 Å². The lowest BCUT2D eigenvalue weighted by molar-refractivity contribution is 0.354. The van der Waals surface area contributed by atoms with E-state index in [-0.39, 0.29) is 5.92 Å². The van der Waals surface area contributed by atoms with Crippen molar-refractivity contribution in [2.45, 2.75) is 12.3 Å². The molecule has 0 saturated heterocycles. The number of methoxy groups -OCH3 is 3. The SMILES string of the molecule is COc1ccc([C@H]2c3ccc4ccccc4c3Oc3ncn4nc(Cc5ccc(OC)c(OC)c5)nc4c32)cc1. The molecule has 4 aromatic carbocycles. The van der Waals surface area contributed by atoms with Crippen LogP contribution in [0.2, 0.25) is 0 Å². The smallest absolute Gasteiger partial charge is 0.228 e. The average Bonchev–Trinajstić information content (AvgIpc) is 3.42. The van der Waals surface area contributed by atoms with Gasteiger partial charge in [0.15, 0.2) is 23.0 Å². The maximum atomic E-state index is 6.53. The van der Waals surface area contributed by atoms with Crippen molar-refractivity contribution in [3.8, 4) is 28.9 Å². The Morgan fingerprint density at radius 1 is 0.850 bits per heavy atom. The fraction of sp³-hybridized carbons (Fsp3) is 0.156. The highest BCUT2D eigenvalue weighted by atomic mass is 16.5. The fourth-order valence-electron chi connectivity index (χ4n) is 5.48. The second-order valence-electron chi connectivity index (χ2n) is 9.64. The number of hydrogen-bond donors (Lipinski definition) is 0. The molecule has 0 unspecified atom stereocenters. The molecular weight excluding hydrogens is 504 g/mol. The molecule has 0 N–H and O–H groups in total. The molecule has 0 aliphatic carbocycles. The van der Waals surface area contributed by atoms with E-state index in [1.165, 1.54) is 0 Å². The van der Waals surface area contributed by atoms with Crippen molar-refractivity contribution in [1.29, 1.82) is 0 Å². The number of benzene rings is 4. The van der Waals surface area contributed by atoms with Crippen LogP contribution in [-0.4, -0.2) is 40.9 Å². The van der Waals surface area contributed by atoms with Gasteiger partial charge in [0.05, 0.1) is 26.9 Å². The lowest BCUT2D eigenvalue weighted by Gasteiger charge is -2.28. The Morgan fingerprint density at radius 2 is 1.68 bits per heavy atom. The molecule has 1 atom stereocenters. The van der Waals surface area contributed by atoms with Gasteiger partial charge in [0.2, 0.25) is 5.88 Å². The van der Waals surface area contributed by atoms with Crippen LogP contribution in [0.1, 0.15) is 34.0 Å². The zero-order chi connectivity index (χ0) is 27.2. The van der Waals surface area contributed by atoms with Crippen LogP contribution < -0.4 is 18.9 Å². The molecule has 3 heterocycles. The van der Waals surface area contributed by atoms with Crippen LogP contribution in [0, 0.1) is 0 Å². The first-order chi connectivity index (χ1) is 19.7. The molecule has 198 valence electrons. The molecule has 8 heteroatoms. The Balaban J connectivity index is 1.39. The summed E-state index contributed by atoms with van der Waals surface area (Å²) in [5.41, 5.74) is 4.73. The summed E-state index contributed by atoms with van der Waals surface area (Å²) in [6.07, 6.45) is 2.19. The van der Waals surface area contributed by atoms with Crippen molar-refractivity contribution in [2.24, 2.45) is 0 Å². The van der Waals surface area contributed by atoms with Crippen LogP contribution >= 0.6 is 0 Å².